The monoisotopic (exact) mass is 375 g/mol. The van der Waals surface area contributed by atoms with Crippen LogP contribution in [0.5, 0.6) is 5.75 Å². The minimum Gasteiger partial charge on any atom is -0.494 e. The Bertz CT molecular complexity index is 759. The second-order valence-corrected chi connectivity index (χ2v) is 6.99. The number of carbonyl (C=O) groups excluding carboxylic acids is 1. The molecule has 0 aliphatic carbocycles. The van der Waals surface area contributed by atoms with E-state index in [1.807, 2.05) is 38.1 Å². The van der Waals surface area contributed by atoms with Crippen LogP contribution in [0.2, 0.25) is 5.02 Å². The minimum absolute atomic E-state index is 0.196. The Labute approximate surface area is 160 Å². The van der Waals surface area contributed by atoms with Crippen molar-refractivity contribution in [3.63, 3.8) is 0 Å². The largest absolute Gasteiger partial charge is 0.494 e. The molecule has 2 aromatic rings. The molecule has 0 bridgehead atoms. The number of halogens is 1. The van der Waals surface area contributed by atoms with Gasteiger partial charge in [0.2, 0.25) is 0 Å². The van der Waals surface area contributed by atoms with Crippen LogP contribution in [0.1, 0.15) is 42.3 Å². The van der Waals surface area contributed by atoms with Gasteiger partial charge in [-0.1, -0.05) is 31.5 Å². The van der Waals surface area contributed by atoms with Gasteiger partial charge in [-0.05, 0) is 55.7 Å². The number of aryl methyl sites for hydroxylation is 1. The fraction of sp³-hybridized carbons (Fsp3) is 0.381. The molecule has 0 unspecified atom stereocenters. The third-order valence-electron chi connectivity index (χ3n) is 3.76. The SMILES string of the molecule is CCOc1ccc(C(=O)Nc2ccc(C)c(Cl)c2)cc1COCC(C)C. The maximum absolute atomic E-state index is 12.6. The van der Waals surface area contributed by atoms with E-state index in [0.717, 1.165) is 16.9 Å². The Kier molecular flexibility index (Phi) is 7.49. The normalized spacial score (nSPS) is 10.8. The number of carbonyl (C=O) groups is 1. The molecule has 0 aliphatic heterocycles. The molecule has 140 valence electrons. The van der Waals surface area contributed by atoms with Crippen LogP contribution in [0.3, 0.4) is 0 Å². The molecule has 0 saturated heterocycles. The van der Waals surface area contributed by atoms with Gasteiger partial charge in [0.15, 0.2) is 0 Å². The summed E-state index contributed by atoms with van der Waals surface area (Å²) in [5.74, 6) is 0.993. The molecule has 0 fully saturated rings. The average molecular weight is 376 g/mol. The fourth-order valence-corrected chi connectivity index (χ4v) is 2.59. The number of nitrogens with one attached hydrogen (secondary N) is 1. The summed E-state index contributed by atoms with van der Waals surface area (Å²) in [6, 6.07) is 10.8. The van der Waals surface area contributed by atoms with E-state index in [2.05, 4.69) is 19.2 Å². The smallest absolute Gasteiger partial charge is 0.255 e. The van der Waals surface area contributed by atoms with Crippen molar-refractivity contribution in [2.24, 2.45) is 5.92 Å². The molecule has 4 nitrogen and oxygen atoms in total. The maximum Gasteiger partial charge on any atom is 0.255 e. The van der Waals surface area contributed by atoms with Crippen molar-refractivity contribution in [2.45, 2.75) is 34.3 Å². The van der Waals surface area contributed by atoms with Crippen molar-refractivity contribution in [2.75, 3.05) is 18.5 Å². The number of benzene rings is 2. The molecule has 1 N–H and O–H groups in total. The van der Waals surface area contributed by atoms with Crippen molar-refractivity contribution in [3.05, 3.63) is 58.1 Å². The van der Waals surface area contributed by atoms with Crippen LogP contribution < -0.4 is 10.1 Å². The Hall–Kier alpha value is -2.04. The first-order chi connectivity index (χ1) is 12.4. The number of amides is 1. The molecule has 0 aromatic heterocycles. The first-order valence-electron chi connectivity index (χ1n) is 8.81. The summed E-state index contributed by atoms with van der Waals surface area (Å²) in [6.07, 6.45) is 0. The summed E-state index contributed by atoms with van der Waals surface area (Å²) in [7, 11) is 0. The summed E-state index contributed by atoms with van der Waals surface area (Å²) in [6.45, 7) is 9.67. The third-order valence-corrected chi connectivity index (χ3v) is 4.17. The summed E-state index contributed by atoms with van der Waals surface area (Å²) in [4.78, 5) is 12.6. The van der Waals surface area contributed by atoms with E-state index in [9.17, 15) is 4.79 Å². The molecule has 0 saturated carbocycles. The molecule has 0 atom stereocenters. The number of ether oxygens (including phenoxy) is 2. The predicted molar refractivity (Wildman–Crippen MR) is 106 cm³/mol. The van der Waals surface area contributed by atoms with Crippen LogP contribution in [-0.4, -0.2) is 19.1 Å². The molecule has 1 amide bonds. The zero-order chi connectivity index (χ0) is 19.1. The zero-order valence-electron chi connectivity index (χ0n) is 15.8. The summed E-state index contributed by atoms with van der Waals surface area (Å²) in [5.41, 5.74) is 3.04. The molecule has 0 aliphatic rings. The van der Waals surface area contributed by atoms with Crippen molar-refractivity contribution in [3.8, 4) is 5.75 Å². The highest BCUT2D eigenvalue weighted by Gasteiger charge is 2.12. The lowest BCUT2D eigenvalue weighted by atomic mass is 10.1. The summed E-state index contributed by atoms with van der Waals surface area (Å²) in [5, 5.41) is 3.50. The van der Waals surface area contributed by atoms with Crippen LogP contribution in [-0.2, 0) is 11.3 Å². The Balaban J connectivity index is 2.16. The van der Waals surface area contributed by atoms with Gasteiger partial charge in [-0.2, -0.15) is 0 Å². The molecular formula is C21H26ClNO3. The van der Waals surface area contributed by atoms with Crippen molar-refractivity contribution in [1.82, 2.24) is 0 Å². The van der Waals surface area contributed by atoms with Gasteiger partial charge < -0.3 is 14.8 Å². The highest BCUT2D eigenvalue weighted by molar-refractivity contribution is 6.31. The van der Waals surface area contributed by atoms with Crippen LogP contribution >= 0.6 is 11.6 Å². The van der Waals surface area contributed by atoms with Gasteiger partial charge in [0.1, 0.15) is 5.75 Å². The topological polar surface area (TPSA) is 47.6 Å². The average Bonchev–Trinajstić information content (AvgIpc) is 2.59. The first kappa shape index (κ1) is 20.3. The van der Waals surface area contributed by atoms with Crippen LogP contribution in [0.25, 0.3) is 0 Å². The zero-order valence-corrected chi connectivity index (χ0v) is 16.5. The van der Waals surface area contributed by atoms with E-state index in [0.29, 0.717) is 42.0 Å². The second-order valence-electron chi connectivity index (χ2n) is 6.58. The summed E-state index contributed by atoms with van der Waals surface area (Å²) < 4.78 is 11.4. The van der Waals surface area contributed by atoms with Gasteiger partial charge in [-0.25, -0.2) is 0 Å². The predicted octanol–water partition coefficient (Wildman–Crippen LogP) is 5.47. The van der Waals surface area contributed by atoms with Crippen molar-refractivity contribution >= 4 is 23.2 Å². The molecule has 0 spiro atoms. The molecule has 26 heavy (non-hydrogen) atoms. The highest BCUT2D eigenvalue weighted by Crippen LogP contribution is 2.24. The van der Waals surface area contributed by atoms with Gasteiger partial charge in [0.05, 0.1) is 13.2 Å². The lowest BCUT2D eigenvalue weighted by molar-refractivity contribution is 0.0948. The fourth-order valence-electron chi connectivity index (χ4n) is 2.41. The number of rotatable bonds is 8. The molecule has 0 heterocycles. The minimum atomic E-state index is -0.196. The highest BCUT2D eigenvalue weighted by atomic mass is 35.5. The van der Waals surface area contributed by atoms with E-state index in [1.165, 1.54) is 0 Å². The number of hydrogen-bond donors (Lipinski definition) is 1. The van der Waals surface area contributed by atoms with E-state index in [4.69, 9.17) is 21.1 Å². The number of hydrogen-bond acceptors (Lipinski definition) is 3. The van der Waals surface area contributed by atoms with Crippen LogP contribution in [0.4, 0.5) is 5.69 Å². The number of anilines is 1. The van der Waals surface area contributed by atoms with E-state index in [-0.39, 0.29) is 5.91 Å². The van der Waals surface area contributed by atoms with Crippen LogP contribution in [0.15, 0.2) is 36.4 Å². The summed E-state index contributed by atoms with van der Waals surface area (Å²) >= 11 is 6.12. The Morgan fingerprint density at radius 3 is 2.62 bits per heavy atom. The first-order valence-corrected chi connectivity index (χ1v) is 9.19. The lowest BCUT2D eigenvalue weighted by Crippen LogP contribution is -2.13. The van der Waals surface area contributed by atoms with Gasteiger partial charge >= 0.3 is 0 Å². The van der Waals surface area contributed by atoms with Crippen molar-refractivity contribution in [1.29, 1.82) is 0 Å². The molecule has 0 radical (unpaired) electrons. The third kappa shape index (κ3) is 5.75. The quantitative estimate of drug-likeness (QED) is 0.665. The van der Waals surface area contributed by atoms with Crippen molar-refractivity contribution < 1.29 is 14.3 Å². The van der Waals surface area contributed by atoms with Gasteiger partial charge in [0, 0.05) is 28.4 Å². The molecule has 2 aromatic carbocycles. The molecular weight excluding hydrogens is 350 g/mol. The van der Waals surface area contributed by atoms with Crippen LogP contribution in [0, 0.1) is 12.8 Å². The standard InChI is InChI=1S/C21H26ClNO3/c1-5-26-20-9-7-16(10-17(20)13-25-12-14(2)3)21(24)23-18-8-6-15(4)19(22)11-18/h6-11,14H,5,12-13H2,1-4H3,(H,23,24). The second kappa shape index (κ2) is 9.60. The van der Waals surface area contributed by atoms with Gasteiger partial charge in [-0.15, -0.1) is 0 Å². The van der Waals surface area contributed by atoms with E-state index >= 15 is 0 Å². The molecule has 2 rings (SSSR count). The Morgan fingerprint density at radius 1 is 1.19 bits per heavy atom. The Morgan fingerprint density at radius 2 is 1.96 bits per heavy atom. The maximum atomic E-state index is 12.6. The van der Waals surface area contributed by atoms with Gasteiger partial charge in [-0.3, -0.25) is 4.79 Å². The van der Waals surface area contributed by atoms with Gasteiger partial charge in [0.25, 0.3) is 5.91 Å². The lowest BCUT2D eigenvalue weighted by Gasteiger charge is -2.14. The van der Waals surface area contributed by atoms with E-state index < -0.39 is 0 Å². The molecule has 5 heteroatoms. The van der Waals surface area contributed by atoms with E-state index in [1.54, 1.807) is 12.1 Å².